The molecule has 0 aromatic heterocycles. The van der Waals surface area contributed by atoms with Gasteiger partial charge in [-0.25, -0.2) is 0 Å². The first kappa shape index (κ1) is 16.3. The van der Waals surface area contributed by atoms with E-state index in [2.05, 4.69) is 13.8 Å². The maximum Gasteiger partial charge on any atom is 0.327 e. The molecule has 16 heavy (non-hydrogen) atoms. The largest absolute Gasteiger partial charge is 0.328 e. The van der Waals surface area contributed by atoms with Gasteiger partial charge in [0.1, 0.15) is 0 Å². The van der Waals surface area contributed by atoms with E-state index >= 15 is 0 Å². The molecule has 0 fully saturated rings. The van der Waals surface area contributed by atoms with Crippen molar-refractivity contribution in [2.45, 2.75) is 77.7 Å². The van der Waals surface area contributed by atoms with E-state index in [9.17, 15) is 0 Å². The molecule has 0 saturated carbocycles. The molecule has 0 spiro atoms. The molecule has 0 aliphatic carbocycles. The second kappa shape index (κ2) is 11.8. The fraction of sp³-hybridized carbons (Fsp3) is 1.00. The van der Waals surface area contributed by atoms with Crippen molar-refractivity contribution in [1.29, 1.82) is 0 Å². The van der Waals surface area contributed by atoms with Crippen LogP contribution in [0, 0.1) is 0 Å². The van der Waals surface area contributed by atoms with Crippen LogP contribution in [-0.2, 0) is 4.52 Å². The van der Waals surface area contributed by atoms with Gasteiger partial charge < -0.3 is 14.3 Å². The van der Waals surface area contributed by atoms with Crippen LogP contribution in [0.25, 0.3) is 0 Å². The molecule has 0 aliphatic rings. The van der Waals surface area contributed by atoms with E-state index in [1.165, 1.54) is 32.1 Å². The molecule has 0 amide bonds. The van der Waals surface area contributed by atoms with Crippen molar-refractivity contribution >= 4 is 8.60 Å². The Kier molecular flexibility index (Phi) is 12.0. The standard InChI is InChI=1S/C12H27O3P/c1-3-5-7-9-11-12(15-16(13)14)10-8-6-4-2/h12-14H,3-11H2,1-2H3. The predicted molar refractivity (Wildman–Crippen MR) is 69.1 cm³/mol. The minimum absolute atomic E-state index is 0.0458. The van der Waals surface area contributed by atoms with Gasteiger partial charge in [-0.15, -0.1) is 0 Å². The fourth-order valence-electron chi connectivity index (χ4n) is 1.80. The van der Waals surface area contributed by atoms with Gasteiger partial charge in [-0.05, 0) is 12.8 Å². The predicted octanol–water partition coefficient (Wildman–Crippen LogP) is 4.13. The normalized spacial score (nSPS) is 13.3. The summed E-state index contributed by atoms with van der Waals surface area (Å²) in [5.41, 5.74) is 0. The number of rotatable bonds is 11. The molecule has 1 atom stereocenters. The average Bonchev–Trinajstić information content (AvgIpc) is 2.23. The van der Waals surface area contributed by atoms with Gasteiger partial charge in [-0.2, -0.15) is 0 Å². The molecular weight excluding hydrogens is 223 g/mol. The zero-order valence-electron chi connectivity index (χ0n) is 10.7. The van der Waals surface area contributed by atoms with E-state index in [0.717, 1.165) is 25.7 Å². The summed E-state index contributed by atoms with van der Waals surface area (Å²) >= 11 is 0. The van der Waals surface area contributed by atoms with E-state index in [0.29, 0.717) is 0 Å². The Bertz CT molecular complexity index is 142. The van der Waals surface area contributed by atoms with Crippen molar-refractivity contribution in [3.8, 4) is 0 Å². The Morgan fingerprint density at radius 3 is 1.88 bits per heavy atom. The lowest BCUT2D eigenvalue weighted by Gasteiger charge is -2.17. The molecule has 4 heteroatoms. The third kappa shape index (κ3) is 10.8. The highest BCUT2D eigenvalue weighted by Crippen LogP contribution is 2.31. The summed E-state index contributed by atoms with van der Waals surface area (Å²) in [5.74, 6) is 0. The molecule has 2 N–H and O–H groups in total. The smallest absolute Gasteiger partial charge is 0.327 e. The maximum atomic E-state index is 8.88. The summed E-state index contributed by atoms with van der Waals surface area (Å²) in [7, 11) is -2.19. The zero-order chi connectivity index (χ0) is 12.2. The van der Waals surface area contributed by atoms with Crippen molar-refractivity contribution in [2.75, 3.05) is 0 Å². The summed E-state index contributed by atoms with van der Waals surface area (Å²) < 4.78 is 5.15. The highest BCUT2D eigenvalue weighted by atomic mass is 31.2. The number of unbranched alkanes of at least 4 members (excludes halogenated alkanes) is 5. The highest BCUT2D eigenvalue weighted by Gasteiger charge is 2.13. The second-order valence-corrected chi connectivity index (χ2v) is 5.04. The second-order valence-electron chi connectivity index (χ2n) is 4.33. The first-order valence-electron chi connectivity index (χ1n) is 6.55. The van der Waals surface area contributed by atoms with Crippen LogP contribution in [0.5, 0.6) is 0 Å². The highest BCUT2D eigenvalue weighted by molar-refractivity contribution is 7.39. The van der Waals surface area contributed by atoms with Gasteiger partial charge in [0.05, 0.1) is 6.10 Å². The minimum atomic E-state index is -2.19. The summed E-state index contributed by atoms with van der Waals surface area (Å²) in [6, 6.07) is 0. The third-order valence-corrected chi connectivity index (χ3v) is 3.24. The number of hydrogen-bond donors (Lipinski definition) is 2. The van der Waals surface area contributed by atoms with E-state index in [4.69, 9.17) is 14.3 Å². The van der Waals surface area contributed by atoms with Crippen molar-refractivity contribution in [3.63, 3.8) is 0 Å². The molecule has 0 heterocycles. The van der Waals surface area contributed by atoms with Crippen LogP contribution in [0.3, 0.4) is 0 Å². The molecule has 0 rings (SSSR count). The summed E-state index contributed by atoms with van der Waals surface area (Å²) in [6.07, 6.45) is 10.3. The van der Waals surface area contributed by atoms with Gasteiger partial charge in [0, 0.05) is 0 Å². The van der Waals surface area contributed by atoms with E-state index in [1.807, 2.05) is 0 Å². The molecular formula is C12H27O3P. The Morgan fingerprint density at radius 2 is 1.38 bits per heavy atom. The van der Waals surface area contributed by atoms with Gasteiger partial charge in [0.2, 0.25) is 0 Å². The maximum absolute atomic E-state index is 8.88. The Labute approximate surface area is 101 Å². The minimum Gasteiger partial charge on any atom is -0.328 e. The van der Waals surface area contributed by atoms with E-state index in [1.54, 1.807) is 0 Å². The fourth-order valence-corrected chi connectivity index (χ4v) is 2.28. The molecule has 1 unspecified atom stereocenters. The quantitative estimate of drug-likeness (QED) is 0.428. The third-order valence-electron chi connectivity index (χ3n) is 2.75. The topological polar surface area (TPSA) is 49.7 Å². The van der Waals surface area contributed by atoms with Crippen molar-refractivity contribution < 1.29 is 14.3 Å². The molecule has 0 aliphatic heterocycles. The lowest BCUT2D eigenvalue weighted by atomic mass is 10.0. The molecule has 98 valence electrons. The number of hydrogen-bond acceptors (Lipinski definition) is 3. The van der Waals surface area contributed by atoms with Crippen LogP contribution in [0.4, 0.5) is 0 Å². The molecule has 0 saturated heterocycles. The first-order chi connectivity index (χ1) is 7.70. The lowest BCUT2D eigenvalue weighted by Crippen LogP contribution is -2.10. The van der Waals surface area contributed by atoms with E-state index in [-0.39, 0.29) is 6.10 Å². The van der Waals surface area contributed by atoms with Crippen LogP contribution < -0.4 is 0 Å². The van der Waals surface area contributed by atoms with Crippen molar-refractivity contribution in [1.82, 2.24) is 0 Å². The SMILES string of the molecule is CCCCCCC(CCCCC)OP(O)O. The Hall–Kier alpha value is 0.310. The lowest BCUT2D eigenvalue weighted by molar-refractivity contribution is 0.148. The molecule has 0 bridgehead atoms. The summed E-state index contributed by atoms with van der Waals surface area (Å²) in [6.45, 7) is 4.36. The van der Waals surface area contributed by atoms with Gasteiger partial charge in [0.15, 0.2) is 0 Å². The van der Waals surface area contributed by atoms with Crippen molar-refractivity contribution in [2.24, 2.45) is 0 Å². The Morgan fingerprint density at radius 1 is 0.875 bits per heavy atom. The molecule has 0 aromatic rings. The van der Waals surface area contributed by atoms with Gasteiger partial charge >= 0.3 is 8.60 Å². The van der Waals surface area contributed by atoms with Gasteiger partial charge in [-0.1, -0.05) is 58.8 Å². The van der Waals surface area contributed by atoms with Gasteiger partial charge in [0.25, 0.3) is 0 Å². The van der Waals surface area contributed by atoms with Crippen LogP contribution in [0.1, 0.15) is 71.6 Å². The molecule has 3 nitrogen and oxygen atoms in total. The van der Waals surface area contributed by atoms with E-state index < -0.39 is 8.60 Å². The van der Waals surface area contributed by atoms with Crippen LogP contribution in [0.15, 0.2) is 0 Å². The van der Waals surface area contributed by atoms with Crippen LogP contribution in [0.2, 0.25) is 0 Å². The molecule has 0 aromatic carbocycles. The Balaban J connectivity index is 3.63. The van der Waals surface area contributed by atoms with Crippen molar-refractivity contribution in [3.05, 3.63) is 0 Å². The zero-order valence-corrected chi connectivity index (χ0v) is 11.6. The first-order valence-corrected chi connectivity index (χ1v) is 7.71. The monoisotopic (exact) mass is 250 g/mol. The van der Waals surface area contributed by atoms with Crippen LogP contribution in [-0.4, -0.2) is 15.9 Å². The summed E-state index contributed by atoms with van der Waals surface area (Å²) in [5, 5.41) is 0. The molecule has 0 radical (unpaired) electrons. The average molecular weight is 250 g/mol. The van der Waals surface area contributed by atoms with Crippen LogP contribution >= 0.6 is 8.60 Å². The van der Waals surface area contributed by atoms with Gasteiger partial charge in [-0.3, -0.25) is 0 Å². The summed E-state index contributed by atoms with van der Waals surface area (Å²) in [4.78, 5) is 17.8.